The number of nitrogens with zero attached hydrogens (tertiary/aromatic N) is 3. The Bertz CT molecular complexity index is 443. The molecular formula is C9H12N4S. The highest BCUT2D eigenvalue weighted by Crippen LogP contribution is 2.14. The fraction of sp³-hybridized carbons (Fsp3) is 0.333. The van der Waals surface area contributed by atoms with E-state index in [0.717, 1.165) is 22.1 Å². The van der Waals surface area contributed by atoms with Crippen molar-refractivity contribution in [3.63, 3.8) is 0 Å². The van der Waals surface area contributed by atoms with E-state index in [-0.39, 0.29) is 0 Å². The highest BCUT2D eigenvalue weighted by molar-refractivity contribution is 7.09. The molecule has 0 fully saturated rings. The van der Waals surface area contributed by atoms with Gasteiger partial charge in [0.2, 0.25) is 0 Å². The third-order valence-corrected chi connectivity index (χ3v) is 2.98. The maximum Gasteiger partial charge on any atom is 0.125 e. The van der Waals surface area contributed by atoms with E-state index in [9.17, 15) is 0 Å². The normalized spacial score (nSPS) is 10.7. The van der Waals surface area contributed by atoms with E-state index in [0.29, 0.717) is 6.54 Å². The largest absolute Gasteiger partial charge is 0.384 e. The minimum absolute atomic E-state index is 0.665. The second-order valence-electron chi connectivity index (χ2n) is 3.25. The van der Waals surface area contributed by atoms with Crippen LogP contribution in [-0.4, -0.2) is 14.8 Å². The van der Waals surface area contributed by atoms with E-state index in [1.807, 2.05) is 19.2 Å². The number of aromatic nitrogens is 3. The predicted molar refractivity (Wildman–Crippen MR) is 57.3 cm³/mol. The lowest BCUT2D eigenvalue weighted by atomic mass is 10.4. The van der Waals surface area contributed by atoms with Crippen LogP contribution in [0.5, 0.6) is 0 Å². The molecule has 5 heteroatoms. The Morgan fingerprint density at radius 2 is 2.29 bits per heavy atom. The zero-order chi connectivity index (χ0) is 10.1. The summed E-state index contributed by atoms with van der Waals surface area (Å²) < 4.78 is 1.77. The maximum absolute atomic E-state index is 5.83. The molecule has 0 saturated carbocycles. The highest BCUT2D eigenvalue weighted by atomic mass is 32.1. The first kappa shape index (κ1) is 9.21. The van der Waals surface area contributed by atoms with Crippen LogP contribution in [0.15, 0.2) is 11.6 Å². The van der Waals surface area contributed by atoms with Crippen molar-refractivity contribution in [1.82, 2.24) is 14.8 Å². The summed E-state index contributed by atoms with van der Waals surface area (Å²) in [5, 5.41) is 7.25. The van der Waals surface area contributed by atoms with E-state index in [2.05, 4.69) is 10.1 Å². The second kappa shape index (κ2) is 3.42. The average Bonchev–Trinajstić information content (AvgIpc) is 2.67. The van der Waals surface area contributed by atoms with Gasteiger partial charge in [-0.3, -0.25) is 0 Å². The Balaban J connectivity index is 2.22. The molecule has 2 N–H and O–H groups in total. The maximum atomic E-state index is 5.83. The molecule has 0 spiro atoms. The zero-order valence-corrected chi connectivity index (χ0v) is 9.01. The summed E-state index contributed by atoms with van der Waals surface area (Å²) >= 11 is 1.63. The van der Waals surface area contributed by atoms with Crippen LogP contribution in [0.4, 0.5) is 5.82 Å². The third-order valence-electron chi connectivity index (χ3n) is 2.02. The number of anilines is 1. The van der Waals surface area contributed by atoms with Crippen LogP contribution in [0.25, 0.3) is 0 Å². The molecule has 0 aliphatic rings. The lowest BCUT2D eigenvalue weighted by molar-refractivity contribution is 0.692. The molecule has 2 aromatic heterocycles. The van der Waals surface area contributed by atoms with Crippen molar-refractivity contribution >= 4 is 17.2 Å². The summed E-state index contributed by atoms with van der Waals surface area (Å²) in [5.41, 5.74) is 7.90. The fourth-order valence-electron chi connectivity index (χ4n) is 1.22. The molecule has 0 aromatic carbocycles. The van der Waals surface area contributed by atoms with Crippen LogP contribution in [0.2, 0.25) is 0 Å². The van der Waals surface area contributed by atoms with E-state index >= 15 is 0 Å². The van der Waals surface area contributed by atoms with E-state index in [1.54, 1.807) is 22.2 Å². The number of thiazole rings is 1. The molecule has 2 rings (SSSR count). The quantitative estimate of drug-likeness (QED) is 0.815. The lowest BCUT2D eigenvalue weighted by Gasteiger charge is -2.00. The predicted octanol–water partition coefficient (Wildman–Crippen LogP) is 1.59. The molecule has 0 unspecified atom stereocenters. The van der Waals surface area contributed by atoms with Crippen molar-refractivity contribution in [2.45, 2.75) is 20.4 Å². The lowest BCUT2D eigenvalue weighted by Crippen LogP contribution is -2.05. The number of nitrogen functional groups attached to an aromatic ring is 1. The number of hydrogen-bond donors (Lipinski definition) is 1. The summed E-state index contributed by atoms with van der Waals surface area (Å²) in [4.78, 5) is 4.36. The number of hydrogen-bond acceptors (Lipinski definition) is 4. The minimum Gasteiger partial charge on any atom is -0.384 e. The first-order valence-electron chi connectivity index (χ1n) is 4.35. The molecule has 14 heavy (non-hydrogen) atoms. The van der Waals surface area contributed by atoms with Crippen molar-refractivity contribution in [2.24, 2.45) is 0 Å². The van der Waals surface area contributed by atoms with Crippen molar-refractivity contribution in [1.29, 1.82) is 0 Å². The molecule has 4 nitrogen and oxygen atoms in total. The van der Waals surface area contributed by atoms with Gasteiger partial charge >= 0.3 is 0 Å². The first-order chi connectivity index (χ1) is 6.66. The molecule has 0 bridgehead atoms. The van der Waals surface area contributed by atoms with Gasteiger partial charge in [0.1, 0.15) is 10.8 Å². The van der Waals surface area contributed by atoms with Crippen LogP contribution >= 0.6 is 11.3 Å². The van der Waals surface area contributed by atoms with Gasteiger partial charge in [-0.05, 0) is 13.8 Å². The van der Waals surface area contributed by atoms with Gasteiger partial charge in [-0.2, -0.15) is 5.10 Å². The van der Waals surface area contributed by atoms with Gasteiger partial charge in [-0.1, -0.05) is 0 Å². The Labute approximate surface area is 86.4 Å². The number of aryl methyl sites for hydroxylation is 2. The topological polar surface area (TPSA) is 56.7 Å². The van der Waals surface area contributed by atoms with Crippen molar-refractivity contribution in [3.05, 3.63) is 27.8 Å². The van der Waals surface area contributed by atoms with Gasteiger partial charge in [0.15, 0.2) is 0 Å². The minimum atomic E-state index is 0.665. The Hall–Kier alpha value is -1.36. The Morgan fingerprint density at radius 1 is 1.50 bits per heavy atom. The average molecular weight is 208 g/mol. The molecule has 0 aliphatic carbocycles. The molecule has 0 saturated heterocycles. The smallest absolute Gasteiger partial charge is 0.125 e. The van der Waals surface area contributed by atoms with Gasteiger partial charge in [0, 0.05) is 16.6 Å². The standard InChI is InChI=1S/C9H12N4S/c1-6-3-11-13(9(6)10)4-8-12-7(2)5-14-8/h3,5H,4,10H2,1-2H3. The van der Waals surface area contributed by atoms with Crippen LogP contribution in [-0.2, 0) is 6.54 Å². The van der Waals surface area contributed by atoms with Crippen LogP contribution < -0.4 is 5.73 Å². The van der Waals surface area contributed by atoms with Crippen molar-refractivity contribution in [2.75, 3.05) is 5.73 Å². The third kappa shape index (κ3) is 1.63. The number of rotatable bonds is 2. The summed E-state index contributed by atoms with van der Waals surface area (Å²) in [7, 11) is 0. The van der Waals surface area contributed by atoms with Gasteiger partial charge in [0.25, 0.3) is 0 Å². The zero-order valence-electron chi connectivity index (χ0n) is 8.19. The summed E-state index contributed by atoms with van der Waals surface area (Å²) in [6.45, 7) is 4.60. The van der Waals surface area contributed by atoms with E-state index in [4.69, 9.17) is 5.73 Å². The molecule has 0 atom stereocenters. The Kier molecular flexibility index (Phi) is 2.25. The monoisotopic (exact) mass is 208 g/mol. The van der Waals surface area contributed by atoms with E-state index in [1.165, 1.54) is 0 Å². The molecule has 74 valence electrons. The molecule has 0 aliphatic heterocycles. The van der Waals surface area contributed by atoms with Crippen LogP contribution in [0.1, 0.15) is 16.3 Å². The van der Waals surface area contributed by atoms with Crippen molar-refractivity contribution < 1.29 is 0 Å². The Morgan fingerprint density at radius 3 is 2.79 bits per heavy atom. The van der Waals surface area contributed by atoms with Gasteiger partial charge in [0.05, 0.1) is 12.7 Å². The molecule has 0 amide bonds. The summed E-state index contributed by atoms with van der Waals surface area (Å²) in [5.74, 6) is 0.720. The van der Waals surface area contributed by atoms with Gasteiger partial charge in [-0.25, -0.2) is 9.67 Å². The van der Waals surface area contributed by atoms with Crippen molar-refractivity contribution in [3.8, 4) is 0 Å². The van der Waals surface area contributed by atoms with Gasteiger partial charge < -0.3 is 5.73 Å². The SMILES string of the molecule is Cc1csc(Cn2ncc(C)c2N)n1. The first-order valence-corrected chi connectivity index (χ1v) is 5.23. The van der Waals surface area contributed by atoms with Crippen LogP contribution in [0, 0.1) is 13.8 Å². The van der Waals surface area contributed by atoms with E-state index < -0.39 is 0 Å². The molecular weight excluding hydrogens is 196 g/mol. The van der Waals surface area contributed by atoms with Crippen LogP contribution in [0.3, 0.4) is 0 Å². The summed E-state index contributed by atoms with van der Waals surface area (Å²) in [6, 6.07) is 0. The highest BCUT2D eigenvalue weighted by Gasteiger charge is 2.05. The van der Waals surface area contributed by atoms with Gasteiger partial charge in [-0.15, -0.1) is 11.3 Å². The number of nitrogens with two attached hydrogens (primary N) is 1. The second-order valence-corrected chi connectivity index (χ2v) is 4.20. The molecule has 2 heterocycles. The fourth-order valence-corrected chi connectivity index (χ4v) is 1.97. The molecule has 2 aromatic rings. The summed E-state index contributed by atoms with van der Waals surface area (Å²) in [6.07, 6.45) is 1.77. The molecule has 0 radical (unpaired) electrons.